The van der Waals surface area contributed by atoms with Crippen LogP contribution in [0, 0.1) is 13.8 Å². The average molecular weight is 407 g/mol. The van der Waals surface area contributed by atoms with Crippen LogP contribution in [0.15, 0.2) is 59.6 Å². The zero-order valence-electron chi connectivity index (χ0n) is 17.4. The summed E-state index contributed by atoms with van der Waals surface area (Å²) in [5.74, 6) is 2.03. The summed E-state index contributed by atoms with van der Waals surface area (Å²) >= 11 is 0. The van der Waals surface area contributed by atoms with Gasteiger partial charge in [0.15, 0.2) is 6.61 Å². The van der Waals surface area contributed by atoms with Gasteiger partial charge in [0.25, 0.3) is 5.91 Å². The van der Waals surface area contributed by atoms with Crippen molar-refractivity contribution in [3.63, 3.8) is 0 Å². The fraction of sp³-hybridized carbons (Fsp3) is 0.261. The molecule has 2 aromatic carbocycles. The Morgan fingerprint density at radius 2 is 1.97 bits per heavy atom. The van der Waals surface area contributed by atoms with Crippen molar-refractivity contribution < 1.29 is 18.8 Å². The quantitative estimate of drug-likeness (QED) is 0.500. The van der Waals surface area contributed by atoms with Gasteiger partial charge in [0.2, 0.25) is 11.7 Å². The number of hydrogen-bond donors (Lipinski definition) is 0. The SMILES string of the molecule is C=CCN(Cc1nc(-c2ccc(OC)cc2)no1)C(=O)COc1cccc(C)c1C. The number of amides is 1. The van der Waals surface area contributed by atoms with Crippen LogP contribution in [0.1, 0.15) is 17.0 Å². The molecule has 0 N–H and O–H groups in total. The number of rotatable bonds is 9. The van der Waals surface area contributed by atoms with Crippen molar-refractivity contribution in [1.29, 1.82) is 0 Å². The highest BCUT2D eigenvalue weighted by Crippen LogP contribution is 2.21. The summed E-state index contributed by atoms with van der Waals surface area (Å²) < 4.78 is 16.2. The highest BCUT2D eigenvalue weighted by Gasteiger charge is 2.18. The van der Waals surface area contributed by atoms with Crippen molar-refractivity contribution in [2.24, 2.45) is 0 Å². The van der Waals surface area contributed by atoms with Gasteiger partial charge < -0.3 is 18.9 Å². The largest absolute Gasteiger partial charge is 0.497 e. The molecule has 0 saturated heterocycles. The van der Waals surface area contributed by atoms with Gasteiger partial charge in [-0.3, -0.25) is 4.79 Å². The summed E-state index contributed by atoms with van der Waals surface area (Å²) in [6.07, 6.45) is 1.65. The molecule has 7 nitrogen and oxygen atoms in total. The zero-order valence-corrected chi connectivity index (χ0v) is 17.4. The second-order valence-electron chi connectivity index (χ2n) is 6.79. The van der Waals surface area contributed by atoms with Crippen molar-refractivity contribution in [2.45, 2.75) is 20.4 Å². The van der Waals surface area contributed by atoms with Crippen LogP contribution >= 0.6 is 0 Å². The Bertz CT molecular complexity index is 1010. The van der Waals surface area contributed by atoms with Gasteiger partial charge in [-0.2, -0.15) is 4.98 Å². The Morgan fingerprint density at radius 3 is 2.67 bits per heavy atom. The van der Waals surface area contributed by atoms with Crippen LogP contribution in [0.5, 0.6) is 11.5 Å². The number of aryl methyl sites for hydroxylation is 1. The molecule has 3 aromatic rings. The first-order valence-corrected chi connectivity index (χ1v) is 9.56. The molecule has 156 valence electrons. The van der Waals surface area contributed by atoms with Gasteiger partial charge in [0, 0.05) is 12.1 Å². The molecule has 0 unspecified atom stereocenters. The molecular formula is C23H25N3O4. The van der Waals surface area contributed by atoms with Gasteiger partial charge in [-0.25, -0.2) is 0 Å². The summed E-state index contributed by atoms with van der Waals surface area (Å²) in [7, 11) is 1.61. The molecule has 7 heteroatoms. The first-order chi connectivity index (χ1) is 14.5. The van der Waals surface area contributed by atoms with Gasteiger partial charge in [-0.15, -0.1) is 6.58 Å². The van der Waals surface area contributed by atoms with E-state index >= 15 is 0 Å². The lowest BCUT2D eigenvalue weighted by molar-refractivity contribution is -0.133. The highest BCUT2D eigenvalue weighted by atomic mass is 16.5. The molecule has 0 aliphatic carbocycles. The molecule has 0 radical (unpaired) electrons. The van der Waals surface area contributed by atoms with Gasteiger partial charge in [-0.05, 0) is 55.3 Å². The van der Waals surface area contributed by atoms with E-state index in [0.29, 0.717) is 24.0 Å². The molecule has 30 heavy (non-hydrogen) atoms. The van der Waals surface area contributed by atoms with Crippen molar-refractivity contribution in [1.82, 2.24) is 15.0 Å². The number of benzene rings is 2. The lowest BCUT2D eigenvalue weighted by Crippen LogP contribution is -2.34. The second kappa shape index (κ2) is 9.73. The summed E-state index contributed by atoms with van der Waals surface area (Å²) in [6, 6.07) is 13.1. The summed E-state index contributed by atoms with van der Waals surface area (Å²) in [5.41, 5.74) is 2.92. The Labute approximate surface area is 175 Å². The van der Waals surface area contributed by atoms with E-state index in [-0.39, 0.29) is 19.1 Å². The molecule has 0 atom stereocenters. The van der Waals surface area contributed by atoms with Crippen molar-refractivity contribution in [2.75, 3.05) is 20.3 Å². The minimum absolute atomic E-state index is 0.0857. The third-order valence-electron chi connectivity index (χ3n) is 4.75. The van der Waals surface area contributed by atoms with E-state index in [9.17, 15) is 4.79 Å². The van der Waals surface area contributed by atoms with E-state index in [2.05, 4.69) is 16.7 Å². The third kappa shape index (κ3) is 5.05. The molecule has 3 rings (SSSR count). The molecule has 0 aliphatic heterocycles. The lowest BCUT2D eigenvalue weighted by atomic mass is 10.1. The van der Waals surface area contributed by atoms with Crippen LogP contribution in [-0.4, -0.2) is 41.2 Å². The minimum Gasteiger partial charge on any atom is -0.497 e. The van der Waals surface area contributed by atoms with E-state index in [1.54, 1.807) is 18.1 Å². The molecule has 1 aromatic heterocycles. The lowest BCUT2D eigenvalue weighted by Gasteiger charge is -2.19. The van der Waals surface area contributed by atoms with Crippen molar-refractivity contribution in [3.8, 4) is 22.9 Å². The molecule has 1 heterocycles. The predicted molar refractivity (Wildman–Crippen MR) is 113 cm³/mol. The molecule has 0 spiro atoms. The Morgan fingerprint density at radius 1 is 1.20 bits per heavy atom. The maximum absolute atomic E-state index is 12.7. The maximum Gasteiger partial charge on any atom is 0.261 e. The number of ether oxygens (including phenoxy) is 2. The van der Waals surface area contributed by atoms with Crippen LogP contribution in [0.4, 0.5) is 0 Å². The summed E-state index contributed by atoms with van der Waals surface area (Å²) in [5, 5.41) is 4.01. The Hall–Kier alpha value is -3.61. The molecule has 0 fully saturated rings. The fourth-order valence-electron chi connectivity index (χ4n) is 2.86. The smallest absolute Gasteiger partial charge is 0.261 e. The number of methoxy groups -OCH3 is 1. The van der Waals surface area contributed by atoms with Crippen LogP contribution in [-0.2, 0) is 11.3 Å². The Balaban J connectivity index is 1.66. The van der Waals surface area contributed by atoms with Crippen LogP contribution in [0.25, 0.3) is 11.4 Å². The monoisotopic (exact) mass is 407 g/mol. The molecular weight excluding hydrogens is 382 g/mol. The third-order valence-corrected chi connectivity index (χ3v) is 4.75. The van der Waals surface area contributed by atoms with Crippen LogP contribution in [0.2, 0.25) is 0 Å². The van der Waals surface area contributed by atoms with Gasteiger partial charge in [-0.1, -0.05) is 23.4 Å². The Kier molecular flexibility index (Phi) is 6.85. The standard InChI is InChI=1S/C23H25N3O4/c1-5-13-26(22(27)15-29-20-8-6-7-16(2)17(20)3)14-21-24-23(25-30-21)18-9-11-19(28-4)12-10-18/h5-12H,1,13-15H2,2-4H3. The zero-order chi connectivity index (χ0) is 21.5. The van der Waals surface area contributed by atoms with Gasteiger partial charge >= 0.3 is 0 Å². The second-order valence-corrected chi connectivity index (χ2v) is 6.79. The van der Waals surface area contributed by atoms with Crippen molar-refractivity contribution >= 4 is 5.91 Å². The number of carbonyl (C=O) groups is 1. The first-order valence-electron chi connectivity index (χ1n) is 9.56. The fourth-order valence-corrected chi connectivity index (χ4v) is 2.86. The van der Waals surface area contributed by atoms with Gasteiger partial charge in [0.1, 0.15) is 18.0 Å². The van der Waals surface area contributed by atoms with E-state index in [1.165, 1.54) is 0 Å². The predicted octanol–water partition coefficient (Wildman–Crippen LogP) is 3.96. The van der Waals surface area contributed by atoms with Crippen LogP contribution < -0.4 is 9.47 Å². The maximum atomic E-state index is 12.7. The first kappa shape index (κ1) is 21.1. The topological polar surface area (TPSA) is 77.7 Å². The van der Waals surface area contributed by atoms with Gasteiger partial charge in [0.05, 0.1) is 7.11 Å². The number of carbonyl (C=O) groups excluding carboxylic acids is 1. The molecule has 1 amide bonds. The highest BCUT2D eigenvalue weighted by molar-refractivity contribution is 5.78. The number of nitrogens with zero attached hydrogens (tertiary/aromatic N) is 3. The van der Waals surface area contributed by atoms with E-state index in [0.717, 1.165) is 22.4 Å². The minimum atomic E-state index is -0.194. The molecule has 0 saturated carbocycles. The van der Waals surface area contributed by atoms with E-state index < -0.39 is 0 Å². The van der Waals surface area contributed by atoms with E-state index in [4.69, 9.17) is 14.0 Å². The summed E-state index contributed by atoms with van der Waals surface area (Å²) in [4.78, 5) is 18.7. The molecule has 0 bridgehead atoms. The molecule has 0 aliphatic rings. The average Bonchev–Trinajstić information content (AvgIpc) is 3.23. The number of hydrogen-bond acceptors (Lipinski definition) is 6. The number of aromatic nitrogens is 2. The normalized spacial score (nSPS) is 10.5. The summed E-state index contributed by atoms with van der Waals surface area (Å²) in [6.45, 7) is 8.12. The van der Waals surface area contributed by atoms with Crippen molar-refractivity contribution in [3.05, 3.63) is 72.1 Å². The van der Waals surface area contributed by atoms with Crippen LogP contribution in [0.3, 0.4) is 0 Å². The van der Waals surface area contributed by atoms with E-state index in [1.807, 2.05) is 56.3 Å².